The van der Waals surface area contributed by atoms with Crippen LogP contribution in [0.2, 0.25) is 0 Å². The van der Waals surface area contributed by atoms with E-state index in [1.54, 1.807) is 0 Å². The summed E-state index contributed by atoms with van der Waals surface area (Å²) >= 11 is 0. The molecule has 0 amide bonds. The first-order chi connectivity index (χ1) is 8.31. The lowest BCUT2D eigenvalue weighted by Crippen LogP contribution is -2.19. The fourth-order valence-electron chi connectivity index (χ4n) is 2.34. The standard InChI is InChI=1S/C16H35N/c1-3-5-7-9-10-11-13-15-16(17)14-12-8-6-4-2/h16H,3-15,17H2,1-2H3. The number of nitrogens with two attached hydrogens (primary N) is 1. The number of hydrogen-bond donors (Lipinski definition) is 1. The molecule has 1 heteroatoms. The van der Waals surface area contributed by atoms with Crippen molar-refractivity contribution in [2.75, 3.05) is 0 Å². The lowest BCUT2D eigenvalue weighted by atomic mass is 10.0. The van der Waals surface area contributed by atoms with E-state index in [9.17, 15) is 0 Å². The highest BCUT2D eigenvalue weighted by Crippen LogP contribution is 2.12. The molecule has 2 N–H and O–H groups in total. The van der Waals surface area contributed by atoms with E-state index in [0.29, 0.717) is 6.04 Å². The molecule has 1 atom stereocenters. The van der Waals surface area contributed by atoms with Gasteiger partial charge in [0.05, 0.1) is 0 Å². The Morgan fingerprint density at radius 2 is 0.941 bits per heavy atom. The molecule has 0 aromatic heterocycles. The van der Waals surface area contributed by atoms with Gasteiger partial charge in [0.1, 0.15) is 0 Å². The van der Waals surface area contributed by atoms with Crippen molar-refractivity contribution < 1.29 is 0 Å². The van der Waals surface area contributed by atoms with Crippen LogP contribution in [0.15, 0.2) is 0 Å². The van der Waals surface area contributed by atoms with Gasteiger partial charge < -0.3 is 5.73 Å². The topological polar surface area (TPSA) is 26.0 Å². The Morgan fingerprint density at radius 3 is 1.41 bits per heavy atom. The van der Waals surface area contributed by atoms with Crippen molar-refractivity contribution in [1.29, 1.82) is 0 Å². The molecule has 0 aromatic carbocycles. The van der Waals surface area contributed by atoms with E-state index in [0.717, 1.165) is 0 Å². The molecule has 0 radical (unpaired) electrons. The molecule has 104 valence electrons. The predicted octanol–water partition coefficient (Wildman–Crippen LogP) is 5.42. The smallest absolute Gasteiger partial charge is 0.00388 e. The average molecular weight is 241 g/mol. The molecule has 0 spiro atoms. The first-order valence-corrected chi connectivity index (χ1v) is 8.06. The van der Waals surface area contributed by atoms with E-state index in [4.69, 9.17) is 5.73 Å². The van der Waals surface area contributed by atoms with Gasteiger partial charge in [0.25, 0.3) is 0 Å². The maximum absolute atomic E-state index is 6.12. The molecule has 1 unspecified atom stereocenters. The molecule has 0 bridgehead atoms. The van der Waals surface area contributed by atoms with Gasteiger partial charge in [-0.1, -0.05) is 84.5 Å². The van der Waals surface area contributed by atoms with Crippen molar-refractivity contribution in [3.63, 3.8) is 0 Å². The molecule has 1 nitrogen and oxygen atoms in total. The predicted molar refractivity (Wildman–Crippen MR) is 79.3 cm³/mol. The average Bonchev–Trinajstić information content (AvgIpc) is 2.33. The second-order valence-corrected chi connectivity index (χ2v) is 5.52. The van der Waals surface area contributed by atoms with Crippen molar-refractivity contribution in [3.8, 4) is 0 Å². The van der Waals surface area contributed by atoms with Gasteiger partial charge in [0.15, 0.2) is 0 Å². The van der Waals surface area contributed by atoms with Gasteiger partial charge in [-0.15, -0.1) is 0 Å². The maximum atomic E-state index is 6.12. The molecule has 0 saturated carbocycles. The first-order valence-electron chi connectivity index (χ1n) is 8.06. The Kier molecular flexibility index (Phi) is 14.0. The summed E-state index contributed by atoms with van der Waals surface area (Å²) in [6, 6.07) is 0.475. The highest BCUT2D eigenvalue weighted by Gasteiger charge is 2.01. The van der Waals surface area contributed by atoms with Crippen LogP contribution in [0.3, 0.4) is 0 Å². The second kappa shape index (κ2) is 14.0. The van der Waals surface area contributed by atoms with E-state index in [-0.39, 0.29) is 0 Å². The van der Waals surface area contributed by atoms with Gasteiger partial charge in [0.2, 0.25) is 0 Å². The maximum Gasteiger partial charge on any atom is 0.00388 e. The van der Waals surface area contributed by atoms with E-state index in [1.165, 1.54) is 83.5 Å². The summed E-state index contributed by atoms with van der Waals surface area (Å²) in [5.41, 5.74) is 6.12. The van der Waals surface area contributed by atoms with Crippen LogP contribution in [0.4, 0.5) is 0 Å². The lowest BCUT2D eigenvalue weighted by Gasteiger charge is -2.10. The van der Waals surface area contributed by atoms with Gasteiger partial charge in [-0.05, 0) is 12.8 Å². The minimum atomic E-state index is 0.475. The van der Waals surface area contributed by atoms with Gasteiger partial charge in [-0.3, -0.25) is 0 Å². The van der Waals surface area contributed by atoms with Gasteiger partial charge in [-0.2, -0.15) is 0 Å². The summed E-state index contributed by atoms with van der Waals surface area (Å²) < 4.78 is 0. The third-order valence-electron chi connectivity index (χ3n) is 3.61. The summed E-state index contributed by atoms with van der Waals surface area (Å²) in [6.07, 6.45) is 17.7. The Labute approximate surface area is 110 Å². The summed E-state index contributed by atoms with van der Waals surface area (Å²) in [4.78, 5) is 0. The Hall–Kier alpha value is -0.0400. The third kappa shape index (κ3) is 13.9. The fourth-order valence-corrected chi connectivity index (χ4v) is 2.34. The molecule has 0 aliphatic rings. The van der Waals surface area contributed by atoms with Crippen molar-refractivity contribution in [1.82, 2.24) is 0 Å². The normalized spacial score (nSPS) is 12.9. The zero-order chi connectivity index (χ0) is 12.8. The van der Waals surface area contributed by atoms with Crippen LogP contribution in [0, 0.1) is 0 Å². The van der Waals surface area contributed by atoms with Crippen LogP contribution in [0.1, 0.15) is 97.3 Å². The summed E-state index contributed by atoms with van der Waals surface area (Å²) in [5, 5.41) is 0. The molecule has 0 saturated heterocycles. The Bertz CT molecular complexity index is 133. The molecule has 0 heterocycles. The largest absolute Gasteiger partial charge is 0.328 e. The van der Waals surface area contributed by atoms with Crippen molar-refractivity contribution in [3.05, 3.63) is 0 Å². The molecule has 0 aliphatic carbocycles. The van der Waals surface area contributed by atoms with E-state index < -0.39 is 0 Å². The van der Waals surface area contributed by atoms with Crippen molar-refractivity contribution in [2.45, 2.75) is 103 Å². The molecule has 0 rings (SSSR count). The highest BCUT2D eigenvalue weighted by atomic mass is 14.6. The molecular formula is C16H35N. The van der Waals surface area contributed by atoms with Crippen molar-refractivity contribution in [2.24, 2.45) is 5.73 Å². The third-order valence-corrected chi connectivity index (χ3v) is 3.61. The number of unbranched alkanes of at least 4 members (excludes halogenated alkanes) is 9. The van der Waals surface area contributed by atoms with Crippen molar-refractivity contribution >= 4 is 0 Å². The molecule has 0 aliphatic heterocycles. The molecular weight excluding hydrogens is 206 g/mol. The van der Waals surface area contributed by atoms with Gasteiger partial charge in [-0.25, -0.2) is 0 Å². The zero-order valence-corrected chi connectivity index (χ0v) is 12.3. The van der Waals surface area contributed by atoms with Gasteiger partial charge >= 0.3 is 0 Å². The van der Waals surface area contributed by atoms with Crippen LogP contribution < -0.4 is 5.73 Å². The van der Waals surface area contributed by atoms with Crippen LogP contribution in [0.25, 0.3) is 0 Å². The minimum Gasteiger partial charge on any atom is -0.328 e. The fraction of sp³-hybridized carbons (Fsp3) is 1.00. The van der Waals surface area contributed by atoms with E-state index in [2.05, 4.69) is 13.8 Å². The summed E-state index contributed by atoms with van der Waals surface area (Å²) in [6.45, 7) is 4.54. The quantitative estimate of drug-likeness (QED) is 0.428. The van der Waals surface area contributed by atoms with Crippen LogP contribution in [-0.2, 0) is 0 Å². The summed E-state index contributed by atoms with van der Waals surface area (Å²) in [7, 11) is 0. The second-order valence-electron chi connectivity index (χ2n) is 5.52. The highest BCUT2D eigenvalue weighted by molar-refractivity contribution is 4.61. The molecule has 0 fully saturated rings. The van der Waals surface area contributed by atoms with Gasteiger partial charge in [0, 0.05) is 6.04 Å². The monoisotopic (exact) mass is 241 g/mol. The molecule has 17 heavy (non-hydrogen) atoms. The van der Waals surface area contributed by atoms with Crippen LogP contribution >= 0.6 is 0 Å². The Balaban J connectivity index is 3.08. The molecule has 0 aromatic rings. The number of rotatable bonds is 13. The van der Waals surface area contributed by atoms with E-state index in [1.807, 2.05) is 0 Å². The SMILES string of the molecule is CCCCCCCCCC(N)CCCCCC. The van der Waals surface area contributed by atoms with Crippen LogP contribution in [0.5, 0.6) is 0 Å². The first kappa shape index (κ1) is 17.0. The van der Waals surface area contributed by atoms with Crippen LogP contribution in [-0.4, -0.2) is 6.04 Å². The number of hydrogen-bond acceptors (Lipinski definition) is 1. The Morgan fingerprint density at radius 1 is 0.588 bits per heavy atom. The lowest BCUT2D eigenvalue weighted by molar-refractivity contribution is 0.487. The zero-order valence-electron chi connectivity index (χ0n) is 12.3. The van der Waals surface area contributed by atoms with E-state index >= 15 is 0 Å². The minimum absolute atomic E-state index is 0.475. The summed E-state index contributed by atoms with van der Waals surface area (Å²) in [5.74, 6) is 0.